The van der Waals surface area contributed by atoms with Gasteiger partial charge in [0, 0.05) is 6.54 Å². The van der Waals surface area contributed by atoms with Gasteiger partial charge in [-0.2, -0.15) is 5.10 Å². The Morgan fingerprint density at radius 2 is 2.47 bits per heavy atom. The van der Waals surface area contributed by atoms with Crippen LogP contribution < -0.4 is 16.3 Å². The highest BCUT2D eigenvalue weighted by Gasteiger charge is 1.98. The van der Waals surface area contributed by atoms with Crippen LogP contribution in [0.1, 0.15) is 17.4 Å². The summed E-state index contributed by atoms with van der Waals surface area (Å²) in [6.07, 6.45) is 3.61. The Labute approximate surface area is 87.8 Å². The Kier molecular flexibility index (Phi) is 4.24. The molecule has 0 saturated heterocycles. The average molecular weight is 207 g/mol. The minimum Gasteiger partial charge on any atom is -0.309 e. The molecule has 6 heteroatoms. The summed E-state index contributed by atoms with van der Waals surface area (Å²) in [6.45, 7) is 2.66. The molecule has 0 saturated carbocycles. The lowest BCUT2D eigenvalue weighted by atomic mass is 10.3. The number of hydrazone groups is 1. The number of nitrogens with one attached hydrogen (secondary N) is 1. The molecule has 1 aromatic heterocycles. The smallest absolute Gasteiger partial charge is 0.168 e. The standard InChI is InChI=1S/C9H13N5O/c1-2-12-13-7-14(10)9-4-3-8(6-15)11-5-9/h3-7,12H,2,10H2,1H3/b13-7-. The van der Waals surface area contributed by atoms with Crippen molar-refractivity contribution in [2.75, 3.05) is 11.6 Å². The zero-order valence-electron chi connectivity index (χ0n) is 8.42. The van der Waals surface area contributed by atoms with Gasteiger partial charge in [-0.3, -0.25) is 14.8 Å². The van der Waals surface area contributed by atoms with Crippen LogP contribution in [0.4, 0.5) is 5.69 Å². The number of nitrogens with zero attached hydrogens (tertiary/aromatic N) is 3. The molecule has 0 fully saturated rings. The van der Waals surface area contributed by atoms with Gasteiger partial charge in [0.25, 0.3) is 0 Å². The fourth-order valence-corrected chi connectivity index (χ4v) is 0.881. The van der Waals surface area contributed by atoms with Crippen molar-refractivity contribution >= 4 is 18.3 Å². The van der Waals surface area contributed by atoms with Crippen molar-refractivity contribution in [1.82, 2.24) is 10.4 Å². The SMILES string of the molecule is CCN/N=C\N(N)c1ccc(C=O)nc1. The molecule has 0 aliphatic heterocycles. The normalized spacial score (nSPS) is 10.3. The van der Waals surface area contributed by atoms with E-state index in [0.717, 1.165) is 6.54 Å². The van der Waals surface area contributed by atoms with Crippen LogP contribution in [0.15, 0.2) is 23.4 Å². The number of hydrazine groups is 1. The predicted octanol–water partition coefficient (Wildman–Crippen LogP) is 0.127. The molecule has 0 amide bonds. The van der Waals surface area contributed by atoms with Crippen LogP contribution in [0.2, 0.25) is 0 Å². The van der Waals surface area contributed by atoms with Gasteiger partial charge in [-0.05, 0) is 19.1 Å². The second kappa shape index (κ2) is 5.71. The van der Waals surface area contributed by atoms with Gasteiger partial charge in [-0.1, -0.05) is 0 Å². The van der Waals surface area contributed by atoms with Crippen LogP contribution in [0.3, 0.4) is 0 Å². The number of nitrogens with two attached hydrogens (primary N) is 1. The maximum atomic E-state index is 10.4. The molecule has 3 N–H and O–H groups in total. The Morgan fingerprint density at radius 3 is 3.00 bits per heavy atom. The van der Waals surface area contributed by atoms with Gasteiger partial charge in [0.05, 0.1) is 11.9 Å². The molecule has 0 aliphatic rings. The first-order valence-corrected chi connectivity index (χ1v) is 4.49. The van der Waals surface area contributed by atoms with Gasteiger partial charge in [-0.25, -0.2) is 5.84 Å². The molecule has 0 atom stereocenters. The molecule has 1 heterocycles. The van der Waals surface area contributed by atoms with Gasteiger partial charge in [-0.15, -0.1) is 0 Å². The van der Waals surface area contributed by atoms with Gasteiger partial charge < -0.3 is 5.43 Å². The molecule has 1 aromatic rings. The van der Waals surface area contributed by atoms with Crippen molar-refractivity contribution in [2.45, 2.75) is 6.92 Å². The van der Waals surface area contributed by atoms with E-state index in [0.29, 0.717) is 17.7 Å². The minimum absolute atomic E-state index is 0.371. The highest BCUT2D eigenvalue weighted by Crippen LogP contribution is 2.06. The van der Waals surface area contributed by atoms with Crippen molar-refractivity contribution in [1.29, 1.82) is 0 Å². The van der Waals surface area contributed by atoms with E-state index in [4.69, 9.17) is 5.84 Å². The first-order valence-electron chi connectivity index (χ1n) is 4.49. The molecular formula is C9H13N5O. The molecule has 1 rings (SSSR count). The third-order valence-corrected chi connectivity index (χ3v) is 1.62. The number of carbonyl (C=O) groups excluding carboxylic acids is 1. The predicted molar refractivity (Wildman–Crippen MR) is 58.5 cm³/mol. The third kappa shape index (κ3) is 3.35. The molecule has 0 unspecified atom stereocenters. The monoisotopic (exact) mass is 207 g/mol. The maximum Gasteiger partial charge on any atom is 0.168 e. The zero-order chi connectivity index (χ0) is 11.1. The third-order valence-electron chi connectivity index (χ3n) is 1.62. The van der Waals surface area contributed by atoms with Gasteiger partial charge in [0.1, 0.15) is 12.0 Å². The number of pyridine rings is 1. The van der Waals surface area contributed by atoms with E-state index in [-0.39, 0.29) is 0 Å². The summed E-state index contributed by atoms with van der Waals surface area (Å²) in [5.74, 6) is 5.64. The molecule has 0 bridgehead atoms. The van der Waals surface area contributed by atoms with Crippen LogP contribution in [0.25, 0.3) is 0 Å². The molecule has 0 spiro atoms. The van der Waals surface area contributed by atoms with Crippen LogP contribution in [0, 0.1) is 0 Å². The highest BCUT2D eigenvalue weighted by molar-refractivity contribution is 5.78. The lowest BCUT2D eigenvalue weighted by Crippen LogP contribution is -2.30. The Morgan fingerprint density at radius 1 is 1.67 bits per heavy atom. The van der Waals surface area contributed by atoms with E-state index in [1.165, 1.54) is 17.5 Å². The number of hydrogen-bond donors (Lipinski definition) is 2. The topological polar surface area (TPSA) is 83.6 Å². The highest BCUT2D eigenvalue weighted by atomic mass is 16.1. The van der Waals surface area contributed by atoms with Crippen LogP contribution >= 0.6 is 0 Å². The second-order valence-electron chi connectivity index (χ2n) is 2.72. The number of rotatable bonds is 5. The maximum absolute atomic E-state index is 10.4. The number of aromatic nitrogens is 1. The van der Waals surface area contributed by atoms with E-state index in [1.54, 1.807) is 12.1 Å². The summed E-state index contributed by atoms with van der Waals surface area (Å²) < 4.78 is 0. The summed E-state index contributed by atoms with van der Waals surface area (Å²) in [4.78, 5) is 14.2. The fourth-order valence-electron chi connectivity index (χ4n) is 0.881. The lowest BCUT2D eigenvalue weighted by Gasteiger charge is -2.11. The Bertz CT molecular complexity index is 335. The number of aldehydes is 1. The molecule has 0 aliphatic carbocycles. The van der Waals surface area contributed by atoms with Crippen molar-refractivity contribution in [2.24, 2.45) is 10.9 Å². The van der Waals surface area contributed by atoms with Crippen molar-refractivity contribution in [3.8, 4) is 0 Å². The molecule has 0 radical (unpaired) electrons. The fraction of sp³-hybridized carbons (Fsp3) is 0.222. The van der Waals surface area contributed by atoms with Crippen LogP contribution in [-0.4, -0.2) is 24.2 Å². The quantitative estimate of drug-likeness (QED) is 0.236. The number of anilines is 1. The number of carbonyl (C=O) groups is 1. The number of hydrogen-bond acceptors (Lipinski definition) is 5. The molecule has 15 heavy (non-hydrogen) atoms. The largest absolute Gasteiger partial charge is 0.309 e. The zero-order valence-corrected chi connectivity index (χ0v) is 8.42. The Hall–Kier alpha value is -1.95. The summed E-state index contributed by atoms with van der Waals surface area (Å²) in [7, 11) is 0. The van der Waals surface area contributed by atoms with Crippen molar-refractivity contribution in [3.63, 3.8) is 0 Å². The molecule has 6 nitrogen and oxygen atoms in total. The lowest BCUT2D eigenvalue weighted by molar-refractivity contribution is 0.111. The average Bonchev–Trinajstić information content (AvgIpc) is 2.29. The summed E-state index contributed by atoms with van der Waals surface area (Å²) in [5, 5.41) is 5.15. The summed E-state index contributed by atoms with van der Waals surface area (Å²) in [6, 6.07) is 3.28. The molecular weight excluding hydrogens is 194 g/mol. The van der Waals surface area contributed by atoms with Gasteiger partial charge in [0.15, 0.2) is 6.29 Å². The van der Waals surface area contributed by atoms with E-state index in [2.05, 4.69) is 15.5 Å². The van der Waals surface area contributed by atoms with Crippen LogP contribution in [0.5, 0.6) is 0 Å². The van der Waals surface area contributed by atoms with Crippen molar-refractivity contribution < 1.29 is 4.79 Å². The molecule has 80 valence electrons. The second-order valence-corrected chi connectivity index (χ2v) is 2.72. The van der Waals surface area contributed by atoms with E-state index in [1.807, 2.05) is 6.92 Å². The first kappa shape index (κ1) is 11.1. The minimum atomic E-state index is 0.371. The Balaban J connectivity index is 2.65. The first-order chi connectivity index (χ1) is 7.27. The van der Waals surface area contributed by atoms with E-state index < -0.39 is 0 Å². The summed E-state index contributed by atoms with van der Waals surface area (Å²) in [5.41, 5.74) is 3.77. The van der Waals surface area contributed by atoms with Gasteiger partial charge in [0.2, 0.25) is 0 Å². The van der Waals surface area contributed by atoms with E-state index >= 15 is 0 Å². The van der Waals surface area contributed by atoms with Gasteiger partial charge >= 0.3 is 0 Å². The van der Waals surface area contributed by atoms with Crippen molar-refractivity contribution in [3.05, 3.63) is 24.0 Å². The van der Waals surface area contributed by atoms with Crippen LogP contribution in [-0.2, 0) is 0 Å². The molecule has 0 aromatic carbocycles. The van der Waals surface area contributed by atoms with E-state index in [9.17, 15) is 4.79 Å². The summed E-state index contributed by atoms with van der Waals surface area (Å²) >= 11 is 0.